The maximum atomic E-state index is 13.1. The topological polar surface area (TPSA) is 237 Å². The lowest BCUT2D eigenvalue weighted by Gasteiger charge is -2.21. The number of ether oxygens (including phenoxy) is 4. The van der Waals surface area contributed by atoms with Gasteiger partial charge in [0.25, 0.3) is 0 Å². The Morgan fingerprint density at radius 2 is 0.510 bits per heavy atom. The van der Waals surface area contributed by atoms with E-state index in [2.05, 4.69) is 186 Å². The van der Waals surface area contributed by atoms with Gasteiger partial charge < -0.3 is 33.8 Å². The molecule has 0 spiro atoms. The van der Waals surface area contributed by atoms with Gasteiger partial charge in [-0.3, -0.25) is 37.3 Å². The van der Waals surface area contributed by atoms with Gasteiger partial charge in [0.15, 0.2) is 12.2 Å². The number of rotatable bonds is 71. The fourth-order valence-electron chi connectivity index (χ4n) is 9.64. The molecule has 0 heterocycles. The van der Waals surface area contributed by atoms with E-state index >= 15 is 0 Å². The molecule has 580 valence electrons. The van der Waals surface area contributed by atoms with Crippen LogP contribution in [-0.2, 0) is 65.4 Å². The molecule has 0 aliphatic carbocycles. The molecule has 102 heavy (non-hydrogen) atoms. The maximum absolute atomic E-state index is 13.1. The Bertz CT molecular complexity index is 2550. The Hall–Kier alpha value is -5.32. The third-order valence-corrected chi connectivity index (χ3v) is 17.4. The fraction of sp³-hybridized carbons (Fsp3) is 0.639. The summed E-state index contributed by atoms with van der Waals surface area (Å²) in [6.45, 7) is 4.37. The lowest BCUT2D eigenvalue weighted by molar-refractivity contribution is -0.161. The lowest BCUT2D eigenvalue weighted by Crippen LogP contribution is -2.30. The van der Waals surface area contributed by atoms with E-state index < -0.39 is 97.5 Å². The van der Waals surface area contributed by atoms with Gasteiger partial charge >= 0.3 is 39.5 Å². The first kappa shape index (κ1) is 96.7. The molecule has 0 amide bonds. The average Bonchev–Trinajstić information content (AvgIpc) is 0.939. The molecule has 0 aromatic carbocycles. The second kappa shape index (κ2) is 74.0. The summed E-state index contributed by atoms with van der Waals surface area (Å²) in [5, 5.41) is 10.6. The molecule has 0 saturated carbocycles. The largest absolute Gasteiger partial charge is 0.472 e. The molecule has 0 aromatic heterocycles. The van der Waals surface area contributed by atoms with Crippen molar-refractivity contribution in [2.24, 2.45) is 0 Å². The van der Waals surface area contributed by atoms with Gasteiger partial charge in [-0.15, -0.1) is 0 Å². The first-order valence-electron chi connectivity index (χ1n) is 38.7. The summed E-state index contributed by atoms with van der Waals surface area (Å²) in [7, 11) is -9.99. The van der Waals surface area contributed by atoms with E-state index in [4.69, 9.17) is 37.0 Å². The Morgan fingerprint density at radius 1 is 0.284 bits per heavy atom. The number of aliphatic hydroxyl groups is 1. The number of phosphoric ester groups is 2. The van der Waals surface area contributed by atoms with Crippen molar-refractivity contribution >= 4 is 39.5 Å². The molecule has 0 bridgehead atoms. The van der Waals surface area contributed by atoms with Crippen LogP contribution in [0.3, 0.4) is 0 Å². The van der Waals surface area contributed by atoms with Gasteiger partial charge in [-0.1, -0.05) is 256 Å². The first-order chi connectivity index (χ1) is 49.7. The van der Waals surface area contributed by atoms with E-state index in [0.717, 1.165) is 186 Å². The zero-order chi connectivity index (χ0) is 74.6. The van der Waals surface area contributed by atoms with Crippen LogP contribution in [0.5, 0.6) is 0 Å². The molecule has 0 aliphatic rings. The Morgan fingerprint density at radius 3 is 0.824 bits per heavy atom. The third kappa shape index (κ3) is 73.0. The van der Waals surface area contributed by atoms with Crippen molar-refractivity contribution < 1.29 is 80.2 Å². The van der Waals surface area contributed by atoms with E-state index in [9.17, 15) is 43.2 Å². The number of esters is 4. The van der Waals surface area contributed by atoms with Crippen LogP contribution in [0.15, 0.2) is 158 Å². The highest BCUT2D eigenvalue weighted by Gasteiger charge is 2.30. The highest BCUT2D eigenvalue weighted by Crippen LogP contribution is 2.45. The van der Waals surface area contributed by atoms with Crippen LogP contribution in [0, 0.1) is 0 Å². The zero-order valence-corrected chi connectivity index (χ0v) is 65.0. The molecule has 0 aromatic rings. The predicted octanol–water partition coefficient (Wildman–Crippen LogP) is 22.4. The molecule has 0 aliphatic heterocycles. The van der Waals surface area contributed by atoms with Crippen LogP contribution in [0.2, 0.25) is 0 Å². The molecule has 5 atom stereocenters. The minimum atomic E-state index is -5.00. The number of carbonyl (C=O) groups excluding carboxylic acids is 4. The van der Waals surface area contributed by atoms with E-state index in [1.165, 1.54) is 12.8 Å². The Balaban J connectivity index is 5.41. The van der Waals surface area contributed by atoms with Crippen LogP contribution in [0.4, 0.5) is 0 Å². The summed E-state index contributed by atoms with van der Waals surface area (Å²) >= 11 is 0. The standard InChI is InChI=1S/C83H136O17P2/c1-5-9-13-17-21-25-29-32-35-37-38-40-43-45-49-52-56-60-64-68-81(86)94-74-79(100-83(88)70-66-62-58-54-50-46-41-34-31-27-23-19-15-11-7-3)76-98-102(91,92)96-72-77(84)71-95-101(89,90)97-75-78(99-82(87)69-65-61-57-53-47-28-24-20-16-12-8-4)73-93-80(85)67-63-59-55-51-48-44-42-39-36-33-30-26-22-18-14-10-6-2/h9-11,13-15,20-27,32-36,38,40-41,45,49-50,54,77-79,84H,5-8,12,16-19,28-31,37,39,42-44,46-48,51-53,55-76H2,1-4H3,(H,89,90)(H,91,92)/b13-9-,14-10-,15-11-,24-20-,25-21-,26-22-,27-23-,35-32-,36-33-,40-38-,41-34-,49-45-,54-50-. The normalized spacial score (nSPS) is 14.8. The van der Waals surface area contributed by atoms with E-state index in [1.54, 1.807) is 0 Å². The van der Waals surface area contributed by atoms with Gasteiger partial charge in [0.1, 0.15) is 19.3 Å². The first-order valence-corrected chi connectivity index (χ1v) is 41.7. The minimum absolute atomic E-state index is 0.0296. The molecule has 5 unspecified atom stereocenters. The molecule has 17 nitrogen and oxygen atoms in total. The quantitative estimate of drug-likeness (QED) is 0.0169. The predicted molar refractivity (Wildman–Crippen MR) is 417 cm³/mol. The fourth-order valence-corrected chi connectivity index (χ4v) is 11.2. The van der Waals surface area contributed by atoms with Gasteiger partial charge in [-0.2, -0.15) is 0 Å². The number of carbonyl (C=O) groups is 4. The Labute approximate surface area is 617 Å². The highest BCUT2D eigenvalue weighted by atomic mass is 31.2. The molecular weight excluding hydrogens is 1330 g/mol. The van der Waals surface area contributed by atoms with Crippen molar-refractivity contribution in [3.63, 3.8) is 0 Å². The smallest absolute Gasteiger partial charge is 0.462 e. The zero-order valence-electron chi connectivity index (χ0n) is 63.2. The summed E-state index contributed by atoms with van der Waals surface area (Å²) in [6, 6.07) is 0. The van der Waals surface area contributed by atoms with Crippen LogP contribution < -0.4 is 0 Å². The van der Waals surface area contributed by atoms with Crippen molar-refractivity contribution in [3.05, 3.63) is 158 Å². The van der Waals surface area contributed by atoms with Crippen molar-refractivity contribution in [1.29, 1.82) is 0 Å². The molecule has 3 N–H and O–H groups in total. The maximum Gasteiger partial charge on any atom is 0.472 e. The summed E-state index contributed by atoms with van der Waals surface area (Å²) in [4.78, 5) is 72.9. The van der Waals surface area contributed by atoms with Crippen molar-refractivity contribution in [3.8, 4) is 0 Å². The summed E-state index contributed by atoms with van der Waals surface area (Å²) in [5.41, 5.74) is 0. The number of allylic oxidation sites excluding steroid dienone is 26. The van der Waals surface area contributed by atoms with Gasteiger partial charge in [0.05, 0.1) is 26.4 Å². The summed E-state index contributed by atoms with van der Waals surface area (Å²) < 4.78 is 68.4. The van der Waals surface area contributed by atoms with Gasteiger partial charge in [0.2, 0.25) is 0 Å². The molecule has 0 fully saturated rings. The molecule has 0 saturated heterocycles. The Kier molecular flexibility index (Phi) is 70.1. The van der Waals surface area contributed by atoms with Crippen LogP contribution in [0.1, 0.15) is 285 Å². The molecule has 0 radical (unpaired) electrons. The van der Waals surface area contributed by atoms with Crippen LogP contribution in [0.25, 0.3) is 0 Å². The van der Waals surface area contributed by atoms with Crippen molar-refractivity contribution in [2.75, 3.05) is 39.6 Å². The van der Waals surface area contributed by atoms with E-state index in [-0.39, 0.29) is 25.7 Å². The molecular formula is C83H136O17P2. The number of hydrogen-bond donors (Lipinski definition) is 3. The van der Waals surface area contributed by atoms with Gasteiger partial charge in [0, 0.05) is 25.7 Å². The monoisotopic (exact) mass is 1470 g/mol. The van der Waals surface area contributed by atoms with Gasteiger partial charge in [-0.05, 0) is 161 Å². The highest BCUT2D eigenvalue weighted by molar-refractivity contribution is 7.47. The average molecular weight is 1470 g/mol. The number of phosphoric acid groups is 2. The number of unbranched alkanes of at least 4 members (excludes halogenated alkanes) is 19. The second-order valence-corrected chi connectivity index (χ2v) is 28.1. The van der Waals surface area contributed by atoms with Crippen molar-refractivity contribution in [2.45, 2.75) is 303 Å². The van der Waals surface area contributed by atoms with Gasteiger partial charge in [-0.25, -0.2) is 9.13 Å². The minimum Gasteiger partial charge on any atom is -0.462 e. The lowest BCUT2D eigenvalue weighted by atomic mass is 10.1. The number of aliphatic hydroxyl groups excluding tert-OH is 1. The number of hydrogen-bond acceptors (Lipinski definition) is 15. The molecule has 19 heteroatoms. The SMILES string of the molecule is CC/C=C\C/C=C\C/C=C\C/C=C\C/C=C\CCCCCC(=O)OCC(COP(=O)(O)OCC(O)COP(=O)(O)OCC(COC(=O)CCCCCCCCC/C=C\C/C=C\C/C=C\CC)OC(=O)CCCCCCC/C=C\CCCC)OC(=O)CCCC/C=C\C/C=C\C/C=C\C/C=C\CC. The van der Waals surface area contributed by atoms with Crippen LogP contribution >= 0.6 is 15.6 Å². The van der Waals surface area contributed by atoms with Crippen LogP contribution in [-0.4, -0.2) is 96.7 Å². The van der Waals surface area contributed by atoms with Crippen molar-refractivity contribution in [1.82, 2.24) is 0 Å². The van der Waals surface area contributed by atoms with E-state index in [1.807, 2.05) is 0 Å². The summed E-state index contributed by atoms with van der Waals surface area (Å²) in [5.74, 6) is -2.29. The molecule has 0 rings (SSSR count). The van der Waals surface area contributed by atoms with E-state index in [0.29, 0.717) is 32.1 Å². The second-order valence-electron chi connectivity index (χ2n) is 25.1. The third-order valence-electron chi connectivity index (χ3n) is 15.5. The summed E-state index contributed by atoms with van der Waals surface area (Å²) in [6.07, 6.45) is 85.3.